The number of fused-ring (bicyclic) bond motifs is 1. The van der Waals surface area contributed by atoms with E-state index in [4.69, 9.17) is 4.74 Å². The van der Waals surface area contributed by atoms with E-state index in [1.807, 2.05) is 0 Å². The molecule has 2 aliphatic rings. The van der Waals surface area contributed by atoms with Crippen molar-refractivity contribution in [1.82, 2.24) is 10.2 Å². The predicted octanol–water partition coefficient (Wildman–Crippen LogP) is 0.579. The number of rotatable bonds is 3. The zero-order valence-corrected chi connectivity index (χ0v) is 7.95. The summed E-state index contributed by atoms with van der Waals surface area (Å²) in [5, 5.41) is 3.27. The van der Waals surface area contributed by atoms with Crippen LogP contribution >= 0.6 is 0 Å². The standard InChI is InChI=1S/C9H16N2O2/c1-2-3-4-13-9(12)11-5-7-8(6-11)10-7/h7-8,10H,2-6H2,1H3. The Kier molecular flexibility index (Phi) is 2.40. The molecule has 2 heterocycles. The van der Waals surface area contributed by atoms with E-state index in [2.05, 4.69) is 12.2 Å². The van der Waals surface area contributed by atoms with E-state index in [0.29, 0.717) is 18.7 Å². The van der Waals surface area contributed by atoms with Gasteiger partial charge in [0.1, 0.15) is 0 Å². The van der Waals surface area contributed by atoms with Crippen molar-refractivity contribution >= 4 is 6.09 Å². The number of ether oxygens (including phenoxy) is 1. The number of hydrogen-bond donors (Lipinski definition) is 1. The van der Waals surface area contributed by atoms with Crippen LogP contribution in [0.2, 0.25) is 0 Å². The molecule has 4 nitrogen and oxygen atoms in total. The van der Waals surface area contributed by atoms with Crippen molar-refractivity contribution in [2.45, 2.75) is 31.8 Å². The van der Waals surface area contributed by atoms with E-state index in [1.165, 1.54) is 0 Å². The molecule has 0 aromatic carbocycles. The predicted molar refractivity (Wildman–Crippen MR) is 48.5 cm³/mol. The molecule has 0 aromatic rings. The average Bonchev–Trinajstić information content (AvgIpc) is 2.74. The number of carbonyl (C=O) groups is 1. The topological polar surface area (TPSA) is 51.5 Å². The minimum absolute atomic E-state index is 0.137. The lowest BCUT2D eigenvalue weighted by Crippen LogP contribution is -2.34. The van der Waals surface area contributed by atoms with Crippen LogP contribution in [-0.2, 0) is 4.74 Å². The lowest BCUT2D eigenvalue weighted by Gasteiger charge is -2.17. The Bertz CT molecular complexity index is 198. The molecule has 0 bridgehead atoms. The first-order chi connectivity index (χ1) is 6.31. The van der Waals surface area contributed by atoms with E-state index < -0.39 is 0 Å². The Morgan fingerprint density at radius 1 is 1.54 bits per heavy atom. The van der Waals surface area contributed by atoms with Crippen molar-refractivity contribution < 1.29 is 9.53 Å². The molecule has 0 radical (unpaired) electrons. The van der Waals surface area contributed by atoms with Crippen LogP contribution in [0.5, 0.6) is 0 Å². The van der Waals surface area contributed by atoms with Crippen LogP contribution in [0.1, 0.15) is 19.8 Å². The van der Waals surface area contributed by atoms with Crippen molar-refractivity contribution in [3.05, 3.63) is 0 Å². The van der Waals surface area contributed by atoms with E-state index in [0.717, 1.165) is 25.9 Å². The van der Waals surface area contributed by atoms with E-state index in [9.17, 15) is 4.79 Å². The molecule has 74 valence electrons. The second-order valence-corrected chi connectivity index (χ2v) is 3.75. The maximum atomic E-state index is 11.4. The molecule has 2 unspecified atom stereocenters. The molecule has 1 amide bonds. The number of nitrogens with zero attached hydrogens (tertiary/aromatic N) is 1. The Labute approximate surface area is 78.2 Å². The Morgan fingerprint density at radius 3 is 2.85 bits per heavy atom. The van der Waals surface area contributed by atoms with Crippen molar-refractivity contribution in [3.63, 3.8) is 0 Å². The molecule has 13 heavy (non-hydrogen) atoms. The summed E-state index contributed by atoms with van der Waals surface area (Å²) in [6.07, 6.45) is 1.90. The molecule has 2 rings (SSSR count). The molecular formula is C9H16N2O2. The van der Waals surface area contributed by atoms with Crippen molar-refractivity contribution in [3.8, 4) is 0 Å². The van der Waals surface area contributed by atoms with Crippen LogP contribution < -0.4 is 5.32 Å². The second kappa shape index (κ2) is 3.54. The highest BCUT2D eigenvalue weighted by Gasteiger charge is 2.46. The molecule has 2 saturated heterocycles. The van der Waals surface area contributed by atoms with Gasteiger partial charge in [-0.25, -0.2) is 4.79 Å². The minimum Gasteiger partial charge on any atom is -0.449 e. The maximum Gasteiger partial charge on any atom is 0.409 e. The third-order valence-corrected chi connectivity index (χ3v) is 2.62. The van der Waals surface area contributed by atoms with Crippen LogP contribution in [0.25, 0.3) is 0 Å². The Morgan fingerprint density at radius 2 is 2.23 bits per heavy atom. The van der Waals surface area contributed by atoms with Crippen molar-refractivity contribution in [2.24, 2.45) is 0 Å². The first-order valence-electron chi connectivity index (χ1n) is 4.99. The van der Waals surface area contributed by atoms with Gasteiger partial charge in [-0.1, -0.05) is 13.3 Å². The summed E-state index contributed by atoms with van der Waals surface area (Å²) in [6.45, 7) is 4.31. The summed E-state index contributed by atoms with van der Waals surface area (Å²) in [7, 11) is 0. The maximum absolute atomic E-state index is 11.4. The van der Waals surface area contributed by atoms with E-state index in [-0.39, 0.29) is 6.09 Å². The van der Waals surface area contributed by atoms with E-state index in [1.54, 1.807) is 4.90 Å². The zero-order valence-electron chi connectivity index (χ0n) is 7.95. The SMILES string of the molecule is CCCCOC(=O)N1CC2NC2C1. The number of piperazine rings is 1. The third kappa shape index (κ3) is 1.94. The fourth-order valence-corrected chi connectivity index (χ4v) is 1.67. The van der Waals surface area contributed by atoms with Crippen LogP contribution in [0.3, 0.4) is 0 Å². The van der Waals surface area contributed by atoms with Gasteiger partial charge in [-0.05, 0) is 6.42 Å². The normalized spacial score (nSPS) is 30.1. The average molecular weight is 184 g/mol. The van der Waals surface area contributed by atoms with Gasteiger partial charge in [0, 0.05) is 25.2 Å². The zero-order chi connectivity index (χ0) is 9.26. The van der Waals surface area contributed by atoms with Gasteiger partial charge in [-0.15, -0.1) is 0 Å². The van der Waals surface area contributed by atoms with Crippen LogP contribution in [-0.4, -0.2) is 42.8 Å². The lowest BCUT2D eigenvalue weighted by molar-refractivity contribution is 0.106. The fourth-order valence-electron chi connectivity index (χ4n) is 1.67. The smallest absolute Gasteiger partial charge is 0.409 e. The fraction of sp³-hybridized carbons (Fsp3) is 0.889. The molecule has 0 aromatic heterocycles. The van der Waals surface area contributed by atoms with Crippen LogP contribution in [0.15, 0.2) is 0 Å². The van der Waals surface area contributed by atoms with Crippen LogP contribution in [0.4, 0.5) is 4.79 Å². The number of carbonyl (C=O) groups excluding carboxylic acids is 1. The first kappa shape index (κ1) is 8.81. The summed E-state index contributed by atoms with van der Waals surface area (Å²) in [6, 6.07) is 1.11. The number of hydrogen-bond acceptors (Lipinski definition) is 3. The molecule has 2 aliphatic heterocycles. The van der Waals surface area contributed by atoms with Crippen LogP contribution in [0, 0.1) is 0 Å². The van der Waals surface area contributed by atoms with Gasteiger partial charge in [0.25, 0.3) is 0 Å². The van der Waals surface area contributed by atoms with Gasteiger partial charge < -0.3 is 15.0 Å². The number of nitrogens with one attached hydrogen (secondary N) is 1. The Hall–Kier alpha value is -0.770. The van der Waals surface area contributed by atoms with Gasteiger partial charge >= 0.3 is 6.09 Å². The van der Waals surface area contributed by atoms with Gasteiger partial charge in [0.15, 0.2) is 0 Å². The van der Waals surface area contributed by atoms with Gasteiger partial charge in [0.2, 0.25) is 0 Å². The quantitative estimate of drug-likeness (QED) is 0.515. The molecule has 0 aliphatic carbocycles. The lowest BCUT2D eigenvalue weighted by atomic mass is 10.4. The van der Waals surface area contributed by atoms with Crippen molar-refractivity contribution in [1.29, 1.82) is 0 Å². The van der Waals surface area contributed by atoms with Gasteiger partial charge in [0.05, 0.1) is 6.61 Å². The molecule has 2 fully saturated rings. The molecule has 2 atom stereocenters. The largest absolute Gasteiger partial charge is 0.449 e. The highest BCUT2D eigenvalue weighted by molar-refractivity contribution is 5.68. The van der Waals surface area contributed by atoms with Crippen molar-refractivity contribution in [2.75, 3.05) is 19.7 Å². The molecule has 1 N–H and O–H groups in total. The summed E-state index contributed by atoms with van der Waals surface area (Å²) >= 11 is 0. The number of unbranched alkanes of at least 4 members (excludes halogenated alkanes) is 1. The number of likely N-dealkylation sites (tertiary alicyclic amines) is 1. The summed E-state index contributed by atoms with van der Waals surface area (Å²) in [5.74, 6) is 0. The molecular weight excluding hydrogens is 168 g/mol. The molecule has 4 heteroatoms. The number of amides is 1. The molecule has 0 spiro atoms. The van der Waals surface area contributed by atoms with Gasteiger partial charge in [-0.3, -0.25) is 0 Å². The van der Waals surface area contributed by atoms with Gasteiger partial charge in [-0.2, -0.15) is 0 Å². The summed E-state index contributed by atoms with van der Waals surface area (Å²) in [4.78, 5) is 13.2. The Balaban J connectivity index is 1.66. The third-order valence-electron chi connectivity index (χ3n) is 2.62. The summed E-state index contributed by atoms with van der Waals surface area (Å²) in [5.41, 5.74) is 0. The summed E-state index contributed by atoms with van der Waals surface area (Å²) < 4.78 is 5.09. The monoisotopic (exact) mass is 184 g/mol. The molecule has 0 saturated carbocycles. The highest BCUT2D eigenvalue weighted by atomic mass is 16.6. The highest BCUT2D eigenvalue weighted by Crippen LogP contribution is 2.22. The second-order valence-electron chi connectivity index (χ2n) is 3.75. The first-order valence-corrected chi connectivity index (χ1v) is 4.99. The minimum atomic E-state index is -0.137. The van der Waals surface area contributed by atoms with E-state index >= 15 is 0 Å².